The summed E-state index contributed by atoms with van der Waals surface area (Å²) in [5, 5.41) is 2.92. The van der Waals surface area contributed by atoms with Gasteiger partial charge in [-0.1, -0.05) is 30.3 Å². The number of morpholine rings is 1. The Bertz CT molecular complexity index is 798. The number of anilines is 2. The topological polar surface area (TPSA) is 61.9 Å². The number of nitrogens with zero attached hydrogens (tertiary/aromatic N) is 2. The van der Waals surface area contributed by atoms with E-state index in [1.165, 1.54) is 0 Å². The van der Waals surface area contributed by atoms with E-state index < -0.39 is 0 Å². The van der Waals surface area contributed by atoms with Crippen molar-refractivity contribution in [1.29, 1.82) is 0 Å². The highest BCUT2D eigenvalue weighted by molar-refractivity contribution is 5.94. The van der Waals surface area contributed by atoms with Gasteiger partial charge in [0.25, 0.3) is 0 Å². The Morgan fingerprint density at radius 3 is 2.25 bits per heavy atom. The Morgan fingerprint density at radius 1 is 1.04 bits per heavy atom. The van der Waals surface area contributed by atoms with Gasteiger partial charge in [-0.25, -0.2) is 4.79 Å². The van der Waals surface area contributed by atoms with E-state index in [0.717, 1.165) is 11.3 Å². The quantitative estimate of drug-likeness (QED) is 0.881. The molecule has 2 aromatic rings. The molecule has 1 saturated heterocycles. The van der Waals surface area contributed by atoms with Crippen LogP contribution in [0.25, 0.3) is 0 Å². The fourth-order valence-corrected chi connectivity index (χ4v) is 3.34. The molecule has 28 heavy (non-hydrogen) atoms. The second-order valence-corrected chi connectivity index (χ2v) is 7.25. The Hall–Kier alpha value is -2.86. The highest BCUT2D eigenvalue weighted by Gasteiger charge is 2.25. The van der Waals surface area contributed by atoms with Crippen molar-refractivity contribution in [2.24, 2.45) is 0 Å². The minimum atomic E-state index is -0.130. The fourth-order valence-electron chi connectivity index (χ4n) is 3.34. The number of amides is 3. The molecule has 1 aliphatic heterocycles. The van der Waals surface area contributed by atoms with Crippen molar-refractivity contribution in [3.8, 4) is 0 Å². The minimum Gasteiger partial charge on any atom is -0.372 e. The van der Waals surface area contributed by atoms with Gasteiger partial charge in [-0.3, -0.25) is 4.79 Å². The first kappa shape index (κ1) is 19.9. The molecule has 0 aliphatic carbocycles. The van der Waals surface area contributed by atoms with Crippen LogP contribution < -0.4 is 10.2 Å². The first-order valence-corrected chi connectivity index (χ1v) is 9.54. The van der Waals surface area contributed by atoms with Crippen molar-refractivity contribution >= 4 is 23.3 Å². The Balaban J connectivity index is 1.56. The smallest absolute Gasteiger partial charge is 0.322 e. The molecule has 3 rings (SSSR count). The summed E-state index contributed by atoms with van der Waals surface area (Å²) in [7, 11) is 1.77. The third-order valence-electron chi connectivity index (χ3n) is 4.78. The molecule has 0 spiro atoms. The monoisotopic (exact) mass is 381 g/mol. The summed E-state index contributed by atoms with van der Waals surface area (Å²) in [5.74, 6) is 0.0132. The molecular formula is C22H27N3O3. The summed E-state index contributed by atoms with van der Waals surface area (Å²) in [4.78, 5) is 28.4. The van der Waals surface area contributed by atoms with Gasteiger partial charge in [0, 0.05) is 31.5 Å². The normalized spacial score (nSPS) is 19.2. The van der Waals surface area contributed by atoms with E-state index in [4.69, 9.17) is 4.74 Å². The van der Waals surface area contributed by atoms with Gasteiger partial charge >= 0.3 is 6.03 Å². The predicted octanol–water partition coefficient (Wildman–Crippen LogP) is 3.53. The number of carbonyl (C=O) groups is 2. The third kappa shape index (κ3) is 5.10. The molecule has 2 aromatic carbocycles. The highest BCUT2D eigenvalue weighted by Crippen LogP contribution is 2.16. The summed E-state index contributed by atoms with van der Waals surface area (Å²) in [6, 6.07) is 16.8. The van der Waals surface area contributed by atoms with E-state index in [2.05, 4.69) is 5.32 Å². The van der Waals surface area contributed by atoms with Crippen LogP contribution in [0.15, 0.2) is 54.6 Å². The molecule has 0 aromatic heterocycles. The van der Waals surface area contributed by atoms with Gasteiger partial charge in [0.2, 0.25) is 5.91 Å². The molecule has 148 valence electrons. The molecule has 0 saturated carbocycles. The van der Waals surface area contributed by atoms with Crippen molar-refractivity contribution < 1.29 is 14.3 Å². The van der Waals surface area contributed by atoms with Crippen molar-refractivity contribution in [1.82, 2.24) is 4.90 Å². The maximum Gasteiger partial charge on any atom is 0.322 e. The van der Waals surface area contributed by atoms with Gasteiger partial charge in [-0.15, -0.1) is 0 Å². The van der Waals surface area contributed by atoms with Crippen LogP contribution in [-0.4, -0.2) is 49.2 Å². The Labute approximate surface area is 166 Å². The lowest BCUT2D eigenvalue weighted by molar-refractivity contribution is -0.117. The maximum absolute atomic E-state index is 12.5. The largest absolute Gasteiger partial charge is 0.372 e. The van der Waals surface area contributed by atoms with Crippen LogP contribution in [-0.2, 0) is 16.0 Å². The number of hydrogen-bond donors (Lipinski definition) is 1. The number of carbonyl (C=O) groups excluding carboxylic acids is 2. The molecule has 0 bridgehead atoms. The molecule has 0 radical (unpaired) electrons. The van der Waals surface area contributed by atoms with Crippen molar-refractivity contribution in [2.75, 3.05) is 30.4 Å². The summed E-state index contributed by atoms with van der Waals surface area (Å²) in [5.41, 5.74) is 2.48. The fraction of sp³-hybridized carbons (Fsp3) is 0.364. The predicted molar refractivity (Wildman–Crippen MR) is 111 cm³/mol. The van der Waals surface area contributed by atoms with Crippen molar-refractivity contribution in [3.05, 3.63) is 60.2 Å². The zero-order valence-corrected chi connectivity index (χ0v) is 16.6. The molecule has 2 atom stereocenters. The van der Waals surface area contributed by atoms with Gasteiger partial charge in [0.05, 0.1) is 18.6 Å². The van der Waals surface area contributed by atoms with Crippen LogP contribution in [0.5, 0.6) is 0 Å². The number of rotatable bonds is 4. The van der Waals surface area contributed by atoms with E-state index >= 15 is 0 Å². The van der Waals surface area contributed by atoms with E-state index in [-0.39, 0.29) is 24.1 Å². The second kappa shape index (κ2) is 8.89. The third-order valence-corrected chi connectivity index (χ3v) is 4.78. The lowest BCUT2D eigenvalue weighted by Gasteiger charge is -2.35. The summed E-state index contributed by atoms with van der Waals surface area (Å²) in [6.45, 7) is 5.09. The van der Waals surface area contributed by atoms with E-state index in [1.807, 2.05) is 68.4 Å². The molecule has 6 nitrogen and oxygen atoms in total. The van der Waals surface area contributed by atoms with Crippen LogP contribution in [0.2, 0.25) is 0 Å². The zero-order valence-electron chi connectivity index (χ0n) is 16.6. The zero-order chi connectivity index (χ0) is 20.1. The number of hydrogen-bond acceptors (Lipinski definition) is 3. The molecule has 1 N–H and O–H groups in total. The molecule has 6 heteroatoms. The van der Waals surface area contributed by atoms with Crippen molar-refractivity contribution in [2.45, 2.75) is 32.5 Å². The lowest BCUT2D eigenvalue weighted by Crippen LogP contribution is -2.49. The lowest BCUT2D eigenvalue weighted by atomic mass is 10.1. The number of nitrogens with one attached hydrogen (secondary N) is 1. The van der Waals surface area contributed by atoms with Gasteiger partial charge in [0.1, 0.15) is 0 Å². The average molecular weight is 381 g/mol. The van der Waals surface area contributed by atoms with Crippen molar-refractivity contribution in [3.63, 3.8) is 0 Å². The molecule has 1 heterocycles. The number of para-hydroxylation sites is 1. The summed E-state index contributed by atoms with van der Waals surface area (Å²) < 4.78 is 5.66. The molecular weight excluding hydrogens is 354 g/mol. The van der Waals surface area contributed by atoms with Gasteiger partial charge in [-0.05, 0) is 43.7 Å². The SMILES string of the molecule is CC1CN(C(=O)Nc2ccc(CC(=O)N(C)c3ccccc3)cc2)CC(C)O1. The van der Waals surface area contributed by atoms with E-state index in [9.17, 15) is 9.59 Å². The Kier molecular flexibility index (Phi) is 6.31. The van der Waals surface area contributed by atoms with Crippen LogP contribution in [0, 0.1) is 0 Å². The van der Waals surface area contributed by atoms with Crippen LogP contribution in [0.3, 0.4) is 0 Å². The number of ether oxygens (including phenoxy) is 1. The number of benzene rings is 2. The standard InChI is InChI=1S/C22H27N3O3/c1-16-14-25(15-17(2)28-16)22(27)23-19-11-9-18(10-12-19)13-21(26)24(3)20-7-5-4-6-8-20/h4-12,16-17H,13-15H2,1-3H3,(H,23,27). The van der Waals surface area contributed by atoms with Gasteiger partial charge < -0.3 is 19.9 Å². The molecule has 1 fully saturated rings. The number of likely N-dealkylation sites (N-methyl/N-ethyl adjacent to an activating group) is 1. The van der Waals surface area contributed by atoms with Gasteiger partial charge in [0.15, 0.2) is 0 Å². The second-order valence-electron chi connectivity index (χ2n) is 7.25. The van der Waals surface area contributed by atoms with Crippen LogP contribution in [0.4, 0.5) is 16.2 Å². The number of urea groups is 1. The maximum atomic E-state index is 12.5. The minimum absolute atomic E-state index is 0.0132. The van der Waals surface area contributed by atoms with E-state index in [1.54, 1.807) is 16.8 Å². The average Bonchev–Trinajstić information content (AvgIpc) is 2.68. The first-order valence-electron chi connectivity index (χ1n) is 9.54. The summed E-state index contributed by atoms with van der Waals surface area (Å²) in [6.07, 6.45) is 0.368. The van der Waals surface area contributed by atoms with Crippen LogP contribution in [0.1, 0.15) is 19.4 Å². The van der Waals surface area contributed by atoms with Crippen LogP contribution >= 0.6 is 0 Å². The Morgan fingerprint density at radius 2 is 1.64 bits per heavy atom. The molecule has 1 aliphatic rings. The van der Waals surface area contributed by atoms with E-state index in [0.29, 0.717) is 25.2 Å². The molecule has 3 amide bonds. The molecule has 2 unspecified atom stereocenters. The summed E-state index contributed by atoms with van der Waals surface area (Å²) >= 11 is 0. The first-order chi connectivity index (χ1) is 13.4. The highest BCUT2D eigenvalue weighted by atomic mass is 16.5. The van der Waals surface area contributed by atoms with Gasteiger partial charge in [-0.2, -0.15) is 0 Å².